The van der Waals surface area contributed by atoms with Crippen LogP contribution in [0.15, 0.2) is 54.6 Å². The van der Waals surface area contributed by atoms with Crippen molar-refractivity contribution in [2.24, 2.45) is 0 Å². The Morgan fingerprint density at radius 1 is 1.08 bits per heavy atom. The Kier molecular flexibility index (Phi) is 6.07. The fourth-order valence-corrected chi connectivity index (χ4v) is 3.35. The number of likely N-dealkylation sites (tertiary alicyclic amines) is 1. The van der Waals surface area contributed by atoms with E-state index in [9.17, 15) is 9.90 Å². The molecule has 0 spiro atoms. The average molecular weight is 339 g/mol. The minimum Gasteiger partial charge on any atom is -0.489 e. The number of ether oxygens (including phenoxy) is 1. The van der Waals surface area contributed by atoms with E-state index in [2.05, 4.69) is 29.2 Å². The summed E-state index contributed by atoms with van der Waals surface area (Å²) in [6.07, 6.45) is 3.71. The number of carboxylic acids is 1. The second kappa shape index (κ2) is 8.67. The highest BCUT2D eigenvalue weighted by molar-refractivity contribution is 5.73. The Balaban J connectivity index is 1.42. The van der Waals surface area contributed by atoms with Crippen molar-refractivity contribution in [3.8, 4) is 5.75 Å². The minimum absolute atomic E-state index is 0.284. The van der Waals surface area contributed by atoms with Gasteiger partial charge in [-0.1, -0.05) is 42.5 Å². The highest BCUT2D eigenvalue weighted by Crippen LogP contribution is 2.19. The standard InChI is InChI=1S/C21H25NO3/c23-21(24)20-9-5-15-22(20)14-4-8-17-10-12-19(13-11-17)25-16-18-6-2-1-3-7-18/h1-3,6-7,10-13,20H,4-5,8-9,14-16H2,(H,23,24)/t20-/m0/s1. The zero-order valence-corrected chi connectivity index (χ0v) is 14.4. The largest absolute Gasteiger partial charge is 0.489 e. The highest BCUT2D eigenvalue weighted by Gasteiger charge is 2.29. The Morgan fingerprint density at radius 3 is 2.56 bits per heavy atom. The van der Waals surface area contributed by atoms with Gasteiger partial charge in [-0.05, 0) is 62.0 Å². The van der Waals surface area contributed by atoms with E-state index in [-0.39, 0.29) is 6.04 Å². The van der Waals surface area contributed by atoms with E-state index in [0.29, 0.717) is 6.61 Å². The first-order valence-electron chi connectivity index (χ1n) is 8.95. The van der Waals surface area contributed by atoms with E-state index >= 15 is 0 Å². The fourth-order valence-electron chi connectivity index (χ4n) is 3.35. The number of aliphatic carboxylic acids is 1. The van der Waals surface area contributed by atoms with Gasteiger partial charge in [0.1, 0.15) is 18.4 Å². The molecule has 25 heavy (non-hydrogen) atoms. The molecule has 2 aromatic carbocycles. The monoisotopic (exact) mass is 339 g/mol. The van der Waals surface area contributed by atoms with Gasteiger partial charge in [0.2, 0.25) is 0 Å². The van der Waals surface area contributed by atoms with E-state index in [0.717, 1.165) is 50.1 Å². The molecule has 0 unspecified atom stereocenters. The van der Waals surface area contributed by atoms with Crippen LogP contribution in [0.5, 0.6) is 5.75 Å². The molecule has 4 heteroatoms. The Morgan fingerprint density at radius 2 is 1.84 bits per heavy atom. The maximum absolute atomic E-state index is 11.2. The van der Waals surface area contributed by atoms with Crippen molar-refractivity contribution >= 4 is 5.97 Å². The molecular weight excluding hydrogens is 314 g/mol. The predicted molar refractivity (Wildman–Crippen MR) is 97.8 cm³/mol. The van der Waals surface area contributed by atoms with Gasteiger partial charge in [-0.2, -0.15) is 0 Å². The molecule has 1 saturated heterocycles. The average Bonchev–Trinajstić information content (AvgIpc) is 3.11. The van der Waals surface area contributed by atoms with Crippen LogP contribution >= 0.6 is 0 Å². The third-order valence-electron chi connectivity index (χ3n) is 4.73. The zero-order valence-electron chi connectivity index (χ0n) is 14.4. The van der Waals surface area contributed by atoms with Gasteiger partial charge in [-0.3, -0.25) is 9.69 Å². The lowest BCUT2D eigenvalue weighted by molar-refractivity contribution is -0.142. The third kappa shape index (κ3) is 5.07. The topological polar surface area (TPSA) is 49.8 Å². The lowest BCUT2D eigenvalue weighted by atomic mass is 10.1. The number of hydrogen-bond acceptors (Lipinski definition) is 3. The molecule has 1 heterocycles. The molecular formula is C21H25NO3. The van der Waals surface area contributed by atoms with Gasteiger partial charge in [0.05, 0.1) is 0 Å². The van der Waals surface area contributed by atoms with Crippen LogP contribution in [0.3, 0.4) is 0 Å². The maximum atomic E-state index is 11.2. The normalized spacial score (nSPS) is 17.5. The molecule has 0 radical (unpaired) electrons. The first-order chi connectivity index (χ1) is 12.2. The van der Waals surface area contributed by atoms with Gasteiger partial charge in [-0.15, -0.1) is 0 Å². The molecule has 1 fully saturated rings. The Bertz CT molecular complexity index is 669. The summed E-state index contributed by atoms with van der Waals surface area (Å²) < 4.78 is 5.80. The summed E-state index contributed by atoms with van der Waals surface area (Å²) in [4.78, 5) is 13.3. The molecule has 132 valence electrons. The molecule has 0 amide bonds. The lowest BCUT2D eigenvalue weighted by Crippen LogP contribution is -2.36. The third-order valence-corrected chi connectivity index (χ3v) is 4.73. The molecule has 0 bridgehead atoms. The molecule has 0 aromatic heterocycles. The number of carboxylic acid groups (broad SMARTS) is 1. The van der Waals surface area contributed by atoms with Crippen LogP contribution in [0.25, 0.3) is 0 Å². The first-order valence-corrected chi connectivity index (χ1v) is 8.95. The highest BCUT2D eigenvalue weighted by atomic mass is 16.5. The number of hydrogen-bond donors (Lipinski definition) is 1. The number of benzene rings is 2. The Hall–Kier alpha value is -2.33. The zero-order chi connectivity index (χ0) is 17.5. The van der Waals surface area contributed by atoms with E-state index in [1.165, 1.54) is 5.56 Å². The van der Waals surface area contributed by atoms with Crippen molar-refractivity contribution in [2.75, 3.05) is 13.1 Å². The SMILES string of the molecule is O=C(O)[C@@H]1CCCN1CCCc1ccc(OCc2ccccc2)cc1. The van der Waals surface area contributed by atoms with Gasteiger partial charge < -0.3 is 9.84 Å². The van der Waals surface area contributed by atoms with Crippen molar-refractivity contribution in [1.82, 2.24) is 4.90 Å². The minimum atomic E-state index is -0.683. The summed E-state index contributed by atoms with van der Waals surface area (Å²) in [6, 6.07) is 18.1. The molecule has 1 aliphatic rings. The first kappa shape index (κ1) is 17.5. The van der Waals surface area contributed by atoms with Crippen LogP contribution in [0, 0.1) is 0 Å². The molecule has 2 aromatic rings. The van der Waals surface area contributed by atoms with Gasteiger partial charge in [0.15, 0.2) is 0 Å². The number of aryl methyl sites for hydroxylation is 1. The van der Waals surface area contributed by atoms with Crippen LogP contribution in [-0.2, 0) is 17.8 Å². The number of carbonyl (C=O) groups is 1. The molecule has 1 aliphatic heterocycles. The summed E-state index contributed by atoms with van der Waals surface area (Å²) in [6.45, 7) is 2.33. The van der Waals surface area contributed by atoms with Crippen LogP contribution < -0.4 is 4.74 Å². The van der Waals surface area contributed by atoms with E-state index < -0.39 is 5.97 Å². The van der Waals surface area contributed by atoms with Gasteiger partial charge in [0, 0.05) is 0 Å². The summed E-state index contributed by atoms with van der Waals surface area (Å²) in [5.74, 6) is 0.190. The van der Waals surface area contributed by atoms with Crippen molar-refractivity contribution in [3.05, 3.63) is 65.7 Å². The molecule has 0 aliphatic carbocycles. The van der Waals surface area contributed by atoms with Crippen molar-refractivity contribution < 1.29 is 14.6 Å². The molecule has 0 saturated carbocycles. The van der Waals surface area contributed by atoms with Gasteiger partial charge >= 0.3 is 5.97 Å². The lowest BCUT2D eigenvalue weighted by Gasteiger charge is -2.20. The predicted octanol–water partition coefficient (Wildman–Crippen LogP) is 3.75. The van der Waals surface area contributed by atoms with Crippen LogP contribution in [-0.4, -0.2) is 35.1 Å². The van der Waals surface area contributed by atoms with Crippen molar-refractivity contribution in [2.45, 2.75) is 38.3 Å². The Labute approximate surface area is 149 Å². The smallest absolute Gasteiger partial charge is 0.320 e. The molecule has 4 nitrogen and oxygen atoms in total. The van der Waals surface area contributed by atoms with Gasteiger partial charge in [0.25, 0.3) is 0 Å². The van der Waals surface area contributed by atoms with Crippen LogP contribution in [0.2, 0.25) is 0 Å². The van der Waals surface area contributed by atoms with Crippen LogP contribution in [0.4, 0.5) is 0 Å². The summed E-state index contributed by atoms with van der Waals surface area (Å²) >= 11 is 0. The maximum Gasteiger partial charge on any atom is 0.320 e. The van der Waals surface area contributed by atoms with Gasteiger partial charge in [-0.25, -0.2) is 0 Å². The summed E-state index contributed by atoms with van der Waals surface area (Å²) in [5, 5.41) is 9.21. The summed E-state index contributed by atoms with van der Waals surface area (Å²) in [7, 11) is 0. The second-order valence-corrected chi connectivity index (χ2v) is 6.55. The molecule has 1 N–H and O–H groups in total. The second-order valence-electron chi connectivity index (χ2n) is 6.55. The molecule has 3 rings (SSSR count). The van der Waals surface area contributed by atoms with Crippen molar-refractivity contribution in [3.63, 3.8) is 0 Å². The molecule has 1 atom stereocenters. The fraction of sp³-hybridized carbons (Fsp3) is 0.381. The number of rotatable bonds is 8. The van der Waals surface area contributed by atoms with Crippen LogP contribution in [0.1, 0.15) is 30.4 Å². The van der Waals surface area contributed by atoms with E-state index in [4.69, 9.17) is 4.74 Å². The van der Waals surface area contributed by atoms with E-state index in [1.54, 1.807) is 0 Å². The number of nitrogens with zero attached hydrogens (tertiary/aromatic N) is 1. The van der Waals surface area contributed by atoms with Crippen molar-refractivity contribution in [1.29, 1.82) is 0 Å². The summed E-state index contributed by atoms with van der Waals surface area (Å²) in [5.41, 5.74) is 2.42. The van der Waals surface area contributed by atoms with E-state index in [1.807, 2.05) is 30.3 Å². The quantitative estimate of drug-likeness (QED) is 0.796.